The van der Waals surface area contributed by atoms with Crippen LogP contribution >= 0.6 is 27.5 Å². The fourth-order valence-corrected chi connectivity index (χ4v) is 2.19. The summed E-state index contributed by atoms with van der Waals surface area (Å²) in [7, 11) is 0. The van der Waals surface area contributed by atoms with Crippen LogP contribution in [0.3, 0.4) is 0 Å². The number of hydrogen-bond donors (Lipinski definition) is 1. The summed E-state index contributed by atoms with van der Waals surface area (Å²) in [6, 6.07) is 6.35. The molecule has 1 saturated carbocycles. The van der Waals surface area contributed by atoms with Gasteiger partial charge < -0.3 is 9.73 Å². The Bertz CT molecular complexity index is 566. The van der Waals surface area contributed by atoms with E-state index in [2.05, 4.69) is 26.2 Å². The summed E-state index contributed by atoms with van der Waals surface area (Å²) < 4.78 is 6.56. The second-order valence-electron chi connectivity index (χ2n) is 4.40. The third-order valence-electron chi connectivity index (χ3n) is 2.88. The van der Waals surface area contributed by atoms with Gasteiger partial charge in [-0.05, 0) is 47.0 Å². The lowest BCUT2D eigenvalue weighted by atomic mass is 10.2. The fourth-order valence-electron chi connectivity index (χ4n) is 1.69. The minimum atomic E-state index is 0.657. The van der Waals surface area contributed by atoms with Crippen LogP contribution in [0.1, 0.15) is 18.7 Å². The van der Waals surface area contributed by atoms with Gasteiger partial charge in [-0.3, -0.25) is 0 Å². The Kier molecular flexibility index (Phi) is 3.41. The molecule has 0 amide bonds. The highest BCUT2D eigenvalue weighted by Gasteiger charge is 2.21. The SMILES string of the molecule is Clc1ccc(-c2cnc(CNC3CC3)o2)cc1Br. The molecule has 0 bridgehead atoms. The third-order valence-corrected chi connectivity index (χ3v) is 4.09. The Labute approximate surface area is 119 Å². The van der Waals surface area contributed by atoms with Gasteiger partial charge in [-0.1, -0.05) is 11.6 Å². The minimum absolute atomic E-state index is 0.657. The van der Waals surface area contributed by atoms with Crippen LogP contribution in [-0.2, 0) is 6.54 Å². The van der Waals surface area contributed by atoms with Crippen molar-refractivity contribution in [1.29, 1.82) is 0 Å². The number of benzene rings is 1. The van der Waals surface area contributed by atoms with Crippen LogP contribution in [0.2, 0.25) is 5.02 Å². The largest absolute Gasteiger partial charge is 0.439 e. The summed E-state index contributed by atoms with van der Waals surface area (Å²) in [5.74, 6) is 1.49. The lowest BCUT2D eigenvalue weighted by Gasteiger charge is -2.00. The molecule has 0 saturated heterocycles. The van der Waals surface area contributed by atoms with Crippen LogP contribution in [-0.4, -0.2) is 11.0 Å². The maximum Gasteiger partial charge on any atom is 0.208 e. The lowest BCUT2D eigenvalue weighted by Crippen LogP contribution is -2.15. The van der Waals surface area contributed by atoms with Crippen molar-refractivity contribution >= 4 is 27.5 Å². The molecule has 1 heterocycles. The van der Waals surface area contributed by atoms with Gasteiger partial charge in [-0.25, -0.2) is 4.98 Å². The van der Waals surface area contributed by atoms with Crippen molar-refractivity contribution in [2.24, 2.45) is 0 Å². The smallest absolute Gasteiger partial charge is 0.208 e. The Balaban J connectivity index is 1.76. The first kappa shape index (κ1) is 12.2. The minimum Gasteiger partial charge on any atom is -0.439 e. The normalized spacial score (nSPS) is 15.0. The summed E-state index contributed by atoms with van der Waals surface area (Å²) in [6.45, 7) is 0.694. The highest BCUT2D eigenvalue weighted by Crippen LogP contribution is 2.29. The van der Waals surface area contributed by atoms with E-state index in [1.807, 2.05) is 18.2 Å². The predicted octanol–water partition coefficient (Wildman–Crippen LogP) is 4.01. The van der Waals surface area contributed by atoms with Crippen LogP contribution in [0.5, 0.6) is 0 Å². The molecule has 1 aliphatic carbocycles. The van der Waals surface area contributed by atoms with Gasteiger partial charge in [-0.15, -0.1) is 0 Å². The van der Waals surface area contributed by atoms with E-state index in [9.17, 15) is 0 Å². The molecule has 0 atom stereocenters. The molecule has 3 nitrogen and oxygen atoms in total. The summed E-state index contributed by atoms with van der Waals surface area (Å²) in [6.07, 6.45) is 4.27. The van der Waals surface area contributed by atoms with Gasteiger partial charge in [0.2, 0.25) is 5.89 Å². The topological polar surface area (TPSA) is 38.1 Å². The molecule has 1 fully saturated rings. The number of rotatable bonds is 4. The summed E-state index contributed by atoms with van der Waals surface area (Å²) in [5.41, 5.74) is 0.969. The fraction of sp³-hybridized carbons (Fsp3) is 0.308. The molecule has 0 aliphatic heterocycles. The average molecular weight is 328 g/mol. The van der Waals surface area contributed by atoms with E-state index >= 15 is 0 Å². The van der Waals surface area contributed by atoms with E-state index in [1.165, 1.54) is 12.8 Å². The molecule has 94 valence electrons. The first-order valence-electron chi connectivity index (χ1n) is 5.86. The second kappa shape index (κ2) is 5.03. The van der Waals surface area contributed by atoms with Crippen molar-refractivity contribution in [1.82, 2.24) is 10.3 Å². The number of aromatic nitrogens is 1. The van der Waals surface area contributed by atoms with Gasteiger partial charge in [-0.2, -0.15) is 0 Å². The highest BCUT2D eigenvalue weighted by atomic mass is 79.9. The molecule has 1 N–H and O–H groups in total. The van der Waals surface area contributed by atoms with Crippen LogP contribution in [0.15, 0.2) is 33.3 Å². The van der Waals surface area contributed by atoms with Gasteiger partial charge in [0.15, 0.2) is 5.76 Å². The van der Waals surface area contributed by atoms with Gasteiger partial charge in [0.1, 0.15) is 0 Å². The summed E-state index contributed by atoms with van der Waals surface area (Å²) in [5, 5.41) is 4.06. The molecule has 1 aromatic heterocycles. The molecular weight excluding hydrogens is 316 g/mol. The van der Waals surface area contributed by atoms with Crippen molar-refractivity contribution in [3.63, 3.8) is 0 Å². The Morgan fingerprint density at radius 3 is 3.00 bits per heavy atom. The molecule has 2 aromatic rings. The van der Waals surface area contributed by atoms with Crippen molar-refractivity contribution < 1.29 is 4.42 Å². The van der Waals surface area contributed by atoms with Crippen molar-refractivity contribution in [3.05, 3.63) is 39.8 Å². The predicted molar refractivity (Wildman–Crippen MR) is 74.5 cm³/mol. The van der Waals surface area contributed by atoms with E-state index < -0.39 is 0 Å². The van der Waals surface area contributed by atoms with Crippen LogP contribution in [0.4, 0.5) is 0 Å². The standard InChI is InChI=1S/C13H12BrClN2O/c14-10-5-8(1-4-11(10)15)12-6-17-13(18-12)7-16-9-2-3-9/h1,4-6,9,16H,2-3,7H2. The second-order valence-corrected chi connectivity index (χ2v) is 5.66. The monoisotopic (exact) mass is 326 g/mol. The lowest BCUT2D eigenvalue weighted by molar-refractivity contribution is 0.476. The van der Waals surface area contributed by atoms with Crippen molar-refractivity contribution in [2.75, 3.05) is 0 Å². The highest BCUT2D eigenvalue weighted by molar-refractivity contribution is 9.10. The molecule has 0 radical (unpaired) electrons. The Hall–Kier alpha value is -0.840. The summed E-state index contributed by atoms with van der Waals surface area (Å²) >= 11 is 9.36. The van der Waals surface area contributed by atoms with E-state index in [0.717, 1.165) is 21.7 Å². The Morgan fingerprint density at radius 2 is 2.28 bits per heavy atom. The van der Waals surface area contributed by atoms with Gasteiger partial charge >= 0.3 is 0 Å². The van der Waals surface area contributed by atoms with Crippen LogP contribution < -0.4 is 5.32 Å². The number of halogens is 2. The van der Waals surface area contributed by atoms with E-state index in [1.54, 1.807) is 6.20 Å². The molecule has 3 rings (SSSR count). The zero-order chi connectivity index (χ0) is 12.5. The van der Waals surface area contributed by atoms with Crippen molar-refractivity contribution in [2.45, 2.75) is 25.4 Å². The summed E-state index contributed by atoms with van der Waals surface area (Å²) in [4.78, 5) is 4.27. The molecule has 1 aromatic carbocycles. The zero-order valence-electron chi connectivity index (χ0n) is 9.62. The maximum atomic E-state index is 5.96. The number of nitrogens with one attached hydrogen (secondary N) is 1. The third kappa shape index (κ3) is 2.76. The Morgan fingerprint density at radius 1 is 1.44 bits per heavy atom. The van der Waals surface area contributed by atoms with E-state index in [-0.39, 0.29) is 0 Å². The van der Waals surface area contributed by atoms with Gasteiger partial charge in [0, 0.05) is 16.1 Å². The van der Waals surface area contributed by atoms with Crippen molar-refractivity contribution in [3.8, 4) is 11.3 Å². The van der Waals surface area contributed by atoms with E-state index in [4.69, 9.17) is 16.0 Å². The molecule has 5 heteroatoms. The van der Waals surface area contributed by atoms with Gasteiger partial charge in [0.05, 0.1) is 17.8 Å². The molecule has 0 unspecified atom stereocenters. The quantitative estimate of drug-likeness (QED) is 0.922. The molecular formula is C13H12BrClN2O. The zero-order valence-corrected chi connectivity index (χ0v) is 12.0. The first-order valence-corrected chi connectivity index (χ1v) is 7.03. The van der Waals surface area contributed by atoms with Gasteiger partial charge in [0.25, 0.3) is 0 Å². The van der Waals surface area contributed by atoms with Crippen LogP contribution in [0.25, 0.3) is 11.3 Å². The van der Waals surface area contributed by atoms with E-state index in [0.29, 0.717) is 17.6 Å². The maximum absolute atomic E-state index is 5.96. The molecule has 18 heavy (non-hydrogen) atoms. The molecule has 0 spiro atoms. The average Bonchev–Trinajstić information content (AvgIpc) is 3.08. The molecule has 1 aliphatic rings. The number of hydrogen-bond acceptors (Lipinski definition) is 3. The van der Waals surface area contributed by atoms with Crippen LogP contribution in [0, 0.1) is 0 Å². The number of nitrogens with zero attached hydrogens (tertiary/aromatic N) is 1. The number of oxazole rings is 1. The first-order chi connectivity index (χ1) is 8.72.